The molecule has 0 aromatic rings. The number of aliphatic hydroxyl groups excluding tert-OH is 5. The molecule has 11 nitrogen and oxygen atoms in total. The van der Waals surface area contributed by atoms with Crippen molar-refractivity contribution < 1.29 is 49.3 Å². The minimum Gasteiger partial charge on any atom is -0.466 e. The number of allylic oxidation sites excluding steroid dienone is 1. The Labute approximate surface area is 442 Å². The van der Waals surface area contributed by atoms with E-state index in [4.69, 9.17) is 14.2 Å². The van der Waals surface area contributed by atoms with Crippen LogP contribution in [-0.2, 0) is 23.8 Å². The molecule has 11 heteroatoms. The summed E-state index contributed by atoms with van der Waals surface area (Å²) in [4.78, 5) is 25.0. The van der Waals surface area contributed by atoms with Crippen molar-refractivity contribution in [3.63, 3.8) is 0 Å². The van der Waals surface area contributed by atoms with Crippen molar-refractivity contribution in [2.24, 2.45) is 0 Å². The second-order valence-electron chi connectivity index (χ2n) is 21.8. The molecule has 0 aromatic carbocycles. The fraction of sp³-hybridized carbons (Fsp3) is 0.934. The van der Waals surface area contributed by atoms with Crippen LogP contribution in [0.25, 0.3) is 0 Å². The molecule has 0 radical (unpaired) electrons. The molecule has 72 heavy (non-hydrogen) atoms. The number of rotatable bonds is 54. The molecule has 7 atom stereocenters. The second kappa shape index (κ2) is 51.5. The summed E-state index contributed by atoms with van der Waals surface area (Å²) in [6, 6.07) is -0.808. The van der Waals surface area contributed by atoms with Crippen molar-refractivity contribution in [2.45, 2.75) is 346 Å². The van der Waals surface area contributed by atoms with E-state index in [1.54, 1.807) is 6.08 Å². The highest BCUT2D eigenvalue weighted by atomic mass is 16.7. The zero-order valence-corrected chi connectivity index (χ0v) is 46.9. The van der Waals surface area contributed by atoms with Gasteiger partial charge >= 0.3 is 5.97 Å². The highest BCUT2D eigenvalue weighted by Gasteiger charge is 2.44. The fourth-order valence-electron chi connectivity index (χ4n) is 9.97. The van der Waals surface area contributed by atoms with E-state index in [0.717, 1.165) is 57.8 Å². The van der Waals surface area contributed by atoms with Gasteiger partial charge in [-0.3, -0.25) is 9.59 Å². The lowest BCUT2D eigenvalue weighted by Gasteiger charge is -2.40. The fourth-order valence-corrected chi connectivity index (χ4v) is 9.97. The van der Waals surface area contributed by atoms with E-state index in [1.165, 1.54) is 218 Å². The SMILES string of the molecule is CCCCCCCCCCC/C=C/C(O)C(COC1OC(CO)C(O)C(O)C1O)NC(=O)CCCCCCCCCCCCCCCCCCCCCCCCOC(=O)CCCCCCCCCCCCC. The molecule has 0 saturated carbocycles. The van der Waals surface area contributed by atoms with E-state index in [0.29, 0.717) is 19.4 Å². The Morgan fingerprint density at radius 2 is 0.875 bits per heavy atom. The smallest absolute Gasteiger partial charge is 0.305 e. The van der Waals surface area contributed by atoms with Crippen LogP contribution in [-0.4, -0.2) is 100 Å². The molecule has 426 valence electrons. The zero-order chi connectivity index (χ0) is 52.4. The number of nitrogens with one attached hydrogen (secondary N) is 1. The minimum atomic E-state index is -1.57. The molecule has 1 amide bonds. The molecule has 0 bridgehead atoms. The van der Waals surface area contributed by atoms with Gasteiger partial charge in [0, 0.05) is 12.8 Å². The van der Waals surface area contributed by atoms with E-state index in [1.807, 2.05) is 6.08 Å². The van der Waals surface area contributed by atoms with Crippen molar-refractivity contribution in [3.8, 4) is 0 Å². The van der Waals surface area contributed by atoms with Crippen molar-refractivity contribution in [3.05, 3.63) is 12.2 Å². The molecule has 0 aromatic heterocycles. The van der Waals surface area contributed by atoms with Gasteiger partial charge in [-0.15, -0.1) is 0 Å². The summed E-state index contributed by atoms with van der Waals surface area (Å²) in [5.74, 6) is -0.180. The third-order valence-corrected chi connectivity index (χ3v) is 14.9. The number of carbonyl (C=O) groups excluding carboxylic acids is 2. The first-order chi connectivity index (χ1) is 35.2. The summed E-state index contributed by atoms with van der Waals surface area (Å²) >= 11 is 0. The number of amides is 1. The first-order valence-electron chi connectivity index (χ1n) is 31.0. The third kappa shape index (κ3) is 40.7. The van der Waals surface area contributed by atoms with Gasteiger partial charge in [-0.1, -0.05) is 270 Å². The molecule has 1 rings (SSSR count). The molecule has 1 aliphatic rings. The quantitative estimate of drug-likeness (QED) is 0.0195. The van der Waals surface area contributed by atoms with Gasteiger partial charge in [0.15, 0.2) is 6.29 Å². The first kappa shape index (κ1) is 68.4. The standard InChI is InChI=1S/C61H117NO10/c1-3-5-7-9-11-13-27-31-35-39-43-47-54(64)53(52-71-61-60(69)59(68)58(67)55(51-63)72-61)62-56(65)48-44-40-36-32-29-25-23-21-19-17-15-16-18-20-22-24-26-30-34-38-42-46-50-70-57(66)49-45-41-37-33-28-14-12-10-8-6-4-2/h43,47,53-55,58-61,63-64,67-69H,3-42,44-46,48-52H2,1-2H3,(H,62,65)/b47-43+. The van der Waals surface area contributed by atoms with Crippen LogP contribution in [0.1, 0.15) is 303 Å². The summed E-state index contributed by atoms with van der Waals surface area (Å²) in [5, 5.41) is 54.3. The summed E-state index contributed by atoms with van der Waals surface area (Å²) in [5.41, 5.74) is 0. The largest absolute Gasteiger partial charge is 0.466 e. The van der Waals surface area contributed by atoms with E-state index in [2.05, 4.69) is 19.2 Å². The number of ether oxygens (including phenoxy) is 3. The Hall–Kier alpha value is -1.60. The van der Waals surface area contributed by atoms with E-state index in [-0.39, 0.29) is 18.5 Å². The molecule has 7 unspecified atom stereocenters. The maximum Gasteiger partial charge on any atom is 0.305 e. The Morgan fingerprint density at radius 1 is 0.500 bits per heavy atom. The summed E-state index contributed by atoms with van der Waals surface area (Å²) in [6.45, 7) is 4.34. The average molecular weight is 1020 g/mol. The number of aliphatic hydroxyl groups is 5. The second-order valence-corrected chi connectivity index (χ2v) is 21.8. The van der Waals surface area contributed by atoms with Crippen LogP contribution in [0.2, 0.25) is 0 Å². The lowest BCUT2D eigenvalue weighted by Crippen LogP contribution is -2.60. The predicted molar refractivity (Wildman–Crippen MR) is 297 cm³/mol. The molecule has 1 fully saturated rings. The predicted octanol–water partition coefficient (Wildman–Crippen LogP) is 14.3. The average Bonchev–Trinajstić information content (AvgIpc) is 3.38. The molecule has 6 N–H and O–H groups in total. The topological polar surface area (TPSA) is 175 Å². The Bertz CT molecular complexity index is 1200. The minimum absolute atomic E-state index is 0.000965. The van der Waals surface area contributed by atoms with Gasteiger partial charge in [0.1, 0.15) is 24.4 Å². The molecular formula is C61H117NO10. The number of hydrogen-bond donors (Lipinski definition) is 6. The lowest BCUT2D eigenvalue weighted by molar-refractivity contribution is -0.302. The molecular weight excluding hydrogens is 907 g/mol. The molecule has 1 saturated heterocycles. The normalized spacial score (nSPS) is 19.0. The van der Waals surface area contributed by atoms with Gasteiger partial charge in [-0.25, -0.2) is 0 Å². The van der Waals surface area contributed by atoms with Gasteiger partial charge in [-0.2, -0.15) is 0 Å². The number of carbonyl (C=O) groups is 2. The van der Waals surface area contributed by atoms with E-state index < -0.39 is 49.5 Å². The third-order valence-electron chi connectivity index (χ3n) is 14.9. The summed E-state index contributed by atoms with van der Waals surface area (Å²) < 4.78 is 16.7. The maximum absolute atomic E-state index is 13.0. The molecule has 0 spiro atoms. The molecule has 1 heterocycles. The summed E-state index contributed by atoms with van der Waals surface area (Å²) in [6.07, 6.45) is 50.2. The Morgan fingerprint density at radius 3 is 1.29 bits per heavy atom. The Kier molecular flexibility index (Phi) is 48.9. The lowest BCUT2D eigenvalue weighted by atomic mass is 9.99. The number of hydrogen-bond acceptors (Lipinski definition) is 10. The molecule has 1 aliphatic heterocycles. The van der Waals surface area contributed by atoms with Gasteiger partial charge in [0.05, 0.1) is 32.0 Å². The van der Waals surface area contributed by atoms with Crippen LogP contribution in [0.15, 0.2) is 12.2 Å². The van der Waals surface area contributed by atoms with Gasteiger partial charge in [0.2, 0.25) is 5.91 Å². The van der Waals surface area contributed by atoms with Crippen molar-refractivity contribution in [1.29, 1.82) is 0 Å². The number of unbranched alkanes of at least 4 members (excludes halogenated alkanes) is 40. The highest BCUT2D eigenvalue weighted by molar-refractivity contribution is 5.76. The van der Waals surface area contributed by atoms with Crippen LogP contribution in [0.3, 0.4) is 0 Å². The number of esters is 1. The zero-order valence-electron chi connectivity index (χ0n) is 46.9. The molecule has 0 aliphatic carbocycles. The highest BCUT2D eigenvalue weighted by Crippen LogP contribution is 2.23. The maximum atomic E-state index is 13.0. The van der Waals surface area contributed by atoms with Crippen LogP contribution < -0.4 is 5.32 Å². The first-order valence-corrected chi connectivity index (χ1v) is 31.0. The van der Waals surface area contributed by atoms with Gasteiger partial charge < -0.3 is 45.1 Å². The van der Waals surface area contributed by atoms with Crippen LogP contribution >= 0.6 is 0 Å². The van der Waals surface area contributed by atoms with Gasteiger partial charge in [-0.05, 0) is 32.1 Å². The van der Waals surface area contributed by atoms with Crippen molar-refractivity contribution in [2.75, 3.05) is 19.8 Å². The van der Waals surface area contributed by atoms with E-state index >= 15 is 0 Å². The van der Waals surface area contributed by atoms with Crippen LogP contribution in [0.5, 0.6) is 0 Å². The van der Waals surface area contributed by atoms with Crippen molar-refractivity contribution >= 4 is 11.9 Å². The van der Waals surface area contributed by atoms with Crippen LogP contribution in [0, 0.1) is 0 Å². The summed E-state index contributed by atoms with van der Waals surface area (Å²) in [7, 11) is 0. The van der Waals surface area contributed by atoms with E-state index in [9.17, 15) is 35.1 Å². The monoisotopic (exact) mass is 1020 g/mol. The van der Waals surface area contributed by atoms with Crippen molar-refractivity contribution in [1.82, 2.24) is 5.32 Å². The van der Waals surface area contributed by atoms with Crippen LogP contribution in [0.4, 0.5) is 0 Å². The van der Waals surface area contributed by atoms with Gasteiger partial charge in [0.25, 0.3) is 0 Å². The Balaban J connectivity index is 2.02.